The maximum absolute atomic E-state index is 12.4. The van der Waals surface area contributed by atoms with Crippen molar-refractivity contribution in [1.29, 1.82) is 0 Å². The largest absolute Gasteiger partial charge is 0.315 e. The fourth-order valence-corrected chi connectivity index (χ4v) is 4.47. The SMILES string of the molecule is CCn1c(C)nnc1CS(=O)(=O)C(C)c1cccs1. The fourth-order valence-electron chi connectivity index (χ4n) is 1.95. The fraction of sp³-hybridized carbons (Fsp3) is 0.500. The zero-order valence-corrected chi connectivity index (χ0v) is 12.8. The maximum Gasteiger partial charge on any atom is 0.165 e. The average Bonchev–Trinajstić information content (AvgIpc) is 2.98. The highest BCUT2D eigenvalue weighted by atomic mass is 32.2. The summed E-state index contributed by atoms with van der Waals surface area (Å²) in [6, 6.07) is 3.72. The lowest BCUT2D eigenvalue weighted by Gasteiger charge is -2.11. The van der Waals surface area contributed by atoms with Gasteiger partial charge in [0.1, 0.15) is 17.4 Å². The van der Waals surface area contributed by atoms with Crippen LogP contribution in [0.5, 0.6) is 0 Å². The summed E-state index contributed by atoms with van der Waals surface area (Å²) in [6.45, 7) is 6.18. The molecule has 2 rings (SSSR count). The van der Waals surface area contributed by atoms with Crippen molar-refractivity contribution < 1.29 is 8.42 Å². The Balaban J connectivity index is 2.26. The lowest BCUT2D eigenvalue weighted by atomic mass is 10.4. The summed E-state index contributed by atoms with van der Waals surface area (Å²) in [7, 11) is -3.27. The molecule has 0 spiro atoms. The van der Waals surface area contributed by atoms with Crippen LogP contribution < -0.4 is 0 Å². The van der Waals surface area contributed by atoms with Crippen LogP contribution in [0.4, 0.5) is 0 Å². The third-order valence-electron chi connectivity index (χ3n) is 3.14. The van der Waals surface area contributed by atoms with Gasteiger partial charge in [0.25, 0.3) is 0 Å². The van der Waals surface area contributed by atoms with Crippen molar-refractivity contribution in [2.75, 3.05) is 0 Å². The highest BCUT2D eigenvalue weighted by Gasteiger charge is 2.26. The number of aryl methyl sites for hydroxylation is 1. The second-order valence-corrected chi connectivity index (χ2v) is 7.67. The number of hydrogen-bond acceptors (Lipinski definition) is 5. The minimum absolute atomic E-state index is 0.0687. The number of sulfone groups is 1. The molecule has 0 amide bonds. The second-order valence-electron chi connectivity index (χ2n) is 4.37. The number of thiophene rings is 1. The highest BCUT2D eigenvalue weighted by Crippen LogP contribution is 2.28. The summed E-state index contributed by atoms with van der Waals surface area (Å²) in [5, 5.41) is 9.30. The zero-order chi connectivity index (χ0) is 14.0. The Hall–Kier alpha value is -1.21. The van der Waals surface area contributed by atoms with Gasteiger partial charge in [-0.1, -0.05) is 6.07 Å². The molecule has 2 aromatic rings. The molecule has 7 heteroatoms. The van der Waals surface area contributed by atoms with Crippen molar-refractivity contribution in [2.24, 2.45) is 0 Å². The molecule has 2 heterocycles. The van der Waals surface area contributed by atoms with Gasteiger partial charge in [-0.25, -0.2) is 8.42 Å². The number of hydrogen-bond donors (Lipinski definition) is 0. The minimum atomic E-state index is -3.27. The summed E-state index contributed by atoms with van der Waals surface area (Å²) < 4.78 is 26.6. The minimum Gasteiger partial charge on any atom is -0.315 e. The molecule has 19 heavy (non-hydrogen) atoms. The van der Waals surface area contributed by atoms with Gasteiger partial charge >= 0.3 is 0 Å². The first-order valence-electron chi connectivity index (χ1n) is 6.09. The van der Waals surface area contributed by atoms with Crippen LogP contribution in [0.15, 0.2) is 17.5 Å². The highest BCUT2D eigenvalue weighted by molar-refractivity contribution is 7.91. The first-order valence-corrected chi connectivity index (χ1v) is 8.69. The summed E-state index contributed by atoms with van der Waals surface area (Å²) >= 11 is 1.46. The van der Waals surface area contributed by atoms with Crippen molar-refractivity contribution in [3.05, 3.63) is 34.0 Å². The molecule has 1 atom stereocenters. The Kier molecular flexibility index (Phi) is 4.05. The molecule has 104 valence electrons. The molecule has 0 aromatic carbocycles. The van der Waals surface area contributed by atoms with Crippen molar-refractivity contribution in [3.8, 4) is 0 Å². The van der Waals surface area contributed by atoms with E-state index in [1.807, 2.05) is 35.9 Å². The van der Waals surface area contributed by atoms with Gasteiger partial charge in [0.2, 0.25) is 0 Å². The molecule has 0 bridgehead atoms. The van der Waals surface area contributed by atoms with Crippen LogP contribution in [-0.2, 0) is 22.1 Å². The Labute approximate surface area is 117 Å². The predicted octanol–water partition coefficient (Wildman–Crippen LogP) is 2.34. The summed E-state index contributed by atoms with van der Waals surface area (Å²) in [5.74, 6) is 1.20. The zero-order valence-electron chi connectivity index (χ0n) is 11.2. The van der Waals surface area contributed by atoms with E-state index in [0.29, 0.717) is 12.4 Å². The standard InChI is InChI=1S/C12H17N3O2S2/c1-4-15-10(3)13-14-12(15)8-19(16,17)9(2)11-6-5-7-18-11/h5-7,9H,4,8H2,1-3H3. The van der Waals surface area contributed by atoms with Crippen LogP contribution in [0.25, 0.3) is 0 Å². The van der Waals surface area contributed by atoms with Crippen LogP contribution in [0, 0.1) is 6.92 Å². The first kappa shape index (κ1) is 14.2. The maximum atomic E-state index is 12.4. The Morgan fingerprint density at radius 2 is 2.16 bits per heavy atom. The predicted molar refractivity (Wildman–Crippen MR) is 75.8 cm³/mol. The summed E-state index contributed by atoms with van der Waals surface area (Å²) in [4.78, 5) is 0.860. The molecule has 0 aliphatic carbocycles. The van der Waals surface area contributed by atoms with E-state index in [2.05, 4.69) is 10.2 Å². The van der Waals surface area contributed by atoms with Crippen molar-refractivity contribution >= 4 is 21.2 Å². The van der Waals surface area contributed by atoms with E-state index in [9.17, 15) is 8.42 Å². The third-order valence-corrected chi connectivity index (χ3v) is 6.34. The molecule has 0 fully saturated rings. The van der Waals surface area contributed by atoms with E-state index < -0.39 is 15.1 Å². The molecule has 2 aromatic heterocycles. The molecule has 1 unspecified atom stereocenters. The van der Waals surface area contributed by atoms with E-state index in [4.69, 9.17) is 0 Å². The summed E-state index contributed by atoms with van der Waals surface area (Å²) in [6.07, 6.45) is 0. The van der Waals surface area contributed by atoms with E-state index in [1.54, 1.807) is 6.92 Å². The van der Waals surface area contributed by atoms with Crippen LogP contribution in [0.3, 0.4) is 0 Å². The molecule has 0 radical (unpaired) electrons. The molecule has 0 N–H and O–H groups in total. The molecular formula is C12H17N3O2S2. The van der Waals surface area contributed by atoms with E-state index >= 15 is 0 Å². The molecular weight excluding hydrogens is 282 g/mol. The van der Waals surface area contributed by atoms with Crippen LogP contribution in [0.1, 0.15) is 35.6 Å². The Morgan fingerprint density at radius 1 is 1.42 bits per heavy atom. The number of aromatic nitrogens is 3. The second kappa shape index (κ2) is 5.42. The van der Waals surface area contributed by atoms with Gasteiger partial charge in [-0.3, -0.25) is 0 Å². The molecule has 0 aliphatic rings. The lowest BCUT2D eigenvalue weighted by Crippen LogP contribution is -2.15. The Morgan fingerprint density at radius 3 is 2.74 bits per heavy atom. The molecule has 5 nitrogen and oxygen atoms in total. The number of nitrogens with zero attached hydrogens (tertiary/aromatic N) is 3. The van der Waals surface area contributed by atoms with Gasteiger partial charge in [-0.2, -0.15) is 0 Å². The van der Waals surface area contributed by atoms with E-state index in [0.717, 1.165) is 10.7 Å². The molecule has 0 saturated carbocycles. The molecule has 0 aliphatic heterocycles. The van der Waals surface area contributed by atoms with Crippen molar-refractivity contribution in [3.63, 3.8) is 0 Å². The monoisotopic (exact) mass is 299 g/mol. The first-order chi connectivity index (χ1) is 8.95. The normalized spacial score (nSPS) is 13.6. The topological polar surface area (TPSA) is 64.8 Å². The van der Waals surface area contributed by atoms with Crippen LogP contribution in [0.2, 0.25) is 0 Å². The third kappa shape index (κ3) is 2.87. The van der Waals surface area contributed by atoms with Crippen LogP contribution in [-0.4, -0.2) is 23.2 Å². The van der Waals surface area contributed by atoms with Gasteiger partial charge in [-0.15, -0.1) is 21.5 Å². The van der Waals surface area contributed by atoms with Gasteiger partial charge < -0.3 is 4.57 Å². The number of rotatable bonds is 5. The van der Waals surface area contributed by atoms with E-state index in [1.165, 1.54) is 11.3 Å². The van der Waals surface area contributed by atoms with Gasteiger partial charge in [-0.05, 0) is 32.2 Å². The van der Waals surface area contributed by atoms with Gasteiger partial charge in [0.15, 0.2) is 9.84 Å². The molecule has 0 saturated heterocycles. The Bertz CT molecular complexity index is 645. The van der Waals surface area contributed by atoms with Gasteiger partial charge in [0, 0.05) is 11.4 Å². The quantitative estimate of drug-likeness (QED) is 0.850. The van der Waals surface area contributed by atoms with Crippen LogP contribution >= 0.6 is 11.3 Å². The lowest BCUT2D eigenvalue weighted by molar-refractivity contribution is 0.581. The van der Waals surface area contributed by atoms with E-state index in [-0.39, 0.29) is 5.75 Å². The van der Waals surface area contributed by atoms with Crippen molar-refractivity contribution in [2.45, 2.75) is 38.3 Å². The summed E-state index contributed by atoms with van der Waals surface area (Å²) in [5.41, 5.74) is 0. The van der Waals surface area contributed by atoms with Gasteiger partial charge in [0.05, 0.1) is 5.25 Å². The smallest absolute Gasteiger partial charge is 0.165 e. The van der Waals surface area contributed by atoms with Crippen molar-refractivity contribution in [1.82, 2.24) is 14.8 Å². The average molecular weight is 299 g/mol.